The molecule has 1 aliphatic heterocycles. The van der Waals surface area contributed by atoms with Gasteiger partial charge >= 0.3 is 5.97 Å². The summed E-state index contributed by atoms with van der Waals surface area (Å²) in [6.45, 7) is 2.65. The topological polar surface area (TPSA) is 53.3 Å². The van der Waals surface area contributed by atoms with Crippen molar-refractivity contribution in [3.05, 3.63) is 28.0 Å². The molecule has 0 aromatic heterocycles. The van der Waals surface area contributed by atoms with Crippen LogP contribution in [0.2, 0.25) is 0 Å². The summed E-state index contributed by atoms with van der Waals surface area (Å²) in [6, 6.07) is 4.54. The van der Waals surface area contributed by atoms with Gasteiger partial charge in [-0.25, -0.2) is 9.18 Å². The number of carbonyl (C=O) groups excluding carboxylic acids is 1. The third-order valence-corrected chi connectivity index (χ3v) is 4.08. The van der Waals surface area contributed by atoms with E-state index in [0.29, 0.717) is 25.3 Å². The number of nitrogens with zero attached hydrogens (tertiary/aromatic N) is 2. The molecule has 0 radical (unpaired) electrons. The zero-order valence-electron chi connectivity index (χ0n) is 11.0. The van der Waals surface area contributed by atoms with Crippen molar-refractivity contribution in [3.63, 3.8) is 0 Å². The second kappa shape index (κ2) is 6.23. The summed E-state index contributed by atoms with van der Waals surface area (Å²) in [5, 5.41) is 8.87. The Bertz CT molecular complexity index is 571. The fraction of sp³-hybridized carbons (Fsp3) is 0.429. The van der Waals surface area contributed by atoms with Gasteiger partial charge in [0, 0.05) is 6.54 Å². The number of halogens is 2. The number of carbonyl (C=O) groups is 1. The van der Waals surface area contributed by atoms with Gasteiger partial charge < -0.3 is 9.64 Å². The molecule has 0 N–H and O–H groups in total. The standard InChI is InChI=1S/C14H14BrFN2O2/c1-2-20-14(19)11-4-3-7-18(11)10-6-5-9(8-17)12(15)13(10)16/h5-6,11H,2-4,7H2,1H3. The lowest BCUT2D eigenvalue weighted by atomic mass is 10.1. The average molecular weight is 341 g/mol. The molecule has 106 valence electrons. The van der Waals surface area contributed by atoms with Gasteiger partial charge in [-0.2, -0.15) is 5.26 Å². The van der Waals surface area contributed by atoms with Crippen molar-refractivity contribution in [2.45, 2.75) is 25.8 Å². The monoisotopic (exact) mass is 340 g/mol. The number of ether oxygens (including phenoxy) is 1. The number of rotatable bonds is 3. The molecule has 4 nitrogen and oxygen atoms in total. The molecule has 1 aromatic rings. The Morgan fingerprint density at radius 2 is 2.40 bits per heavy atom. The van der Waals surface area contributed by atoms with Crippen LogP contribution in [-0.4, -0.2) is 25.2 Å². The van der Waals surface area contributed by atoms with Crippen molar-refractivity contribution < 1.29 is 13.9 Å². The summed E-state index contributed by atoms with van der Waals surface area (Å²) < 4.78 is 19.5. The van der Waals surface area contributed by atoms with Gasteiger partial charge in [0.1, 0.15) is 12.1 Å². The van der Waals surface area contributed by atoms with Gasteiger partial charge in [-0.15, -0.1) is 0 Å². The molecule has 1 heterocycles. The minimum atomic E-state index is -0.514. The average Bonchev–Trinajstić information content (AvgIpc) is 2.91. The molecule has 1 unspecified atom stereocenters. The highest BCUT2D eigenvalue weighted by Crippen LogP contribution is 2.33. The Hall–Kier alpha value is -1.61. The first kappa shape index (κ1) is 14.8. The van der Waals surface area contributed by atoms with Crippen LogP contribution in [0.15, 0.2) is 16.6 Å². The van der Waals surface area contributed by atoms with E-state index in [9.17, 15) is 9.18 Å². The highest BCUT2D eigenvalue weighted by atomic mass is 79.9. The van der Waals surface area contributed by atoms with Crippen LogP contribution in [0.3, 0.4) is 0 Å². The molecule has 1 aliphatic rings. The van der Waals surface area contributed by atoms with Crippen LogP contribution < -0.4 is 4.90 Å². The second-order valence-electron chi connectivity index (χ2n) is 4.48. The first-order chi connectivity index (χ1) is 9.60. The molecule has 0 bridgehead atoms. The van der Waals surface area contributed by atoms with Crippen LogP contribution in [0.4, 0.5) is 10.1 Å². The summed E-state index contributed by atoms with van der Waals surface area (Å²) >= 11 is 3.09. The van der Waals surface area contributed by atoms with Crippen LogP contribution in [-0.2, 0) is 9.53 Å². The van der Waals surface area contributed by atoms with Gasteiger partial charge in [0.2, 0.25) is 0 Å². The van der Waals surface area contributed by atoms with E-state index < -0.39 is 11.9 Å². The lowest BCUT2D eigenvalue weighted by Crippen LogP contribution is -2.37. The molecule has 0 amide bonds. The normalized spacial score (nSPS) is 17.9. The summed E-state index contributed by atoms with van der Waals surface area (Å²) in [5.74, 6) is -0.842. The molecular weight excluding hydrogens is 327 g/mol. The zero-order chi connectivity index (χ0) is 14.7. The zero-order valence-corrected chi connectivity index (χ0v) is 12.6. The molecular formula is C14H14BrFN2O2. The van der Waals surface area contributed by atoms with E-state index in [-0.39, 0.29) is 16.0 Å². The first-order valence-corrected chi connectivity index (χ1v) is 7.20. The van der Waals surface area contributed by atoms with Gasteiger partial charge in [0.25, 0.3) is 0 Å². The maximum atomic E-state index is 14.3. The SMILES string of the molecule is CCOC(=O)C1CCCN1c1ccc(C#N)c(Br)c1F. The number of benzene rings is 1. The maximum Gasteiger partial charge on any atom is 0.328 e. The first-order valence-electron chi connectivity index (χ1n) is 6.41. The molecule has 0 spiro atoms. The van der Waals surface area contributed by atoms with E-state index in [0.717, 1.165) is 6.42 Å². The summed E-state index contributed by atoms with van der Waals surface area (Å²) in [6.07, 6.45) is 1.45. The van der Waals surface area contributed by atoms with Crippen LogP contribution in [0.5, 0.6) is 0 Å². The Morgan fingerprint density at radius 3 is 3.05 bits per heavy atom. The Balaban J connectivity index is 2.34. The number of hydrogen-bond acceptors (Lipinski definition) is 4. The van der Waals surface area contributed by atoms with Gasteiger partial charge in [-0.1, -0.05) is 0 Å². The Labute approximate surface area is 125 Å². The molecule has 20 heavy (non-hydrogen) atoms. The van der Waals surface area contributed by atoms with Crippen molar-refractivity contribution in [1.29, 1.82) is 5.26 Å². The highest BCUT2D eigenvalue weighted by Gasteiger charge is 2.34. The minimum Gasteiger partial charge on any atom is -0.464 e. The van der Waals surface area contributed by atoms with Crippen LogP contribution in [0, 0.1) is 17.1 Å². The van der Waals surface area contributed by atoms with Crippen molar-refractivity contribution in [2.75, 3.05) is 18.1 Å². The predicted octanol–water partition coefficient (Wildman–Crippen LogP) is 2.99. The minimum absolute atomic E-state index is 0.131. The Kier molecular flexibility index (Phi) is 4.61. The van der Waals surface area contributed by atoms with Gasteiger partial charge in [-0.3, -0.25) is 0 Å². The molecule has 1 aromatic carbocycles. The number of nitriles is 1. The van der Waals surface area contributed by atoms with Crippen molar-refractivity contribution in [2.24, 2.45) is 0 Å². The van der Waals surface area contributed by atoms with Crippen molar-refractivity contribution in [1.82, 2.24) is 0 Å². The lowest BCUT2D eigenvalue weighted by Gasteiger charge is -2.26. The van der Waals surface area contributed by atoms with Crippen LogP contribution in [0.1, 0.15) is 25.3 Å². The van der Waals surface area contributed by atoms with Crippen molar-refractivity contribution in [3.8, 4) is 6.07 Å². The fourth-order valence-electron chi connectivity index (χ4n) is 2.39. The summed E-state index contributed by atoms with van der Waals surface area (Å²) in [7, 11) is 0. The molecule has 6 heteroatoms. The third kappa shape index (κ3) is 2.63. The summed E-state index contributed by atoms with van der Waals surface area (Å²) in [5.41, 5.74) is 0.560. The predicted molar refractivity (Wildman–Crippen MR) is 75.8 cm³/mol. The van der Waals surface area contributed by atoms with Gasteiger partial charge in [-0.05, 0) is 47.8 Å². The molecule has 1 saturated heterocycles. The van der Waals surface area contributed by atoms with E-state index in [1.807, 2.05) is 6.07 Å². The molecule has 2 rings (SSSR count). The van der Waals surface area contributed by atoms with Crippen LogP contribution in [0.25, 0.3) is 0 Å². The number of anilines is 1. The van der Waals surface area contributed by atoms with E-state index in [1.54, 1.807) is 17.9 Å². The maximum absolute atomic E-state index is 14.3. The second-order valence-corrected chi connectivity index (χ2v) is 5.27. The highest BCUT2D eigenvalue weighted by molar-refractivity contribution is 9.10. The van der Waals surface area contributed by atoms with Gasteiger partial charge in [0.05, 0.1) is 22.3 Å². The smallest absolute Gasteiger partial charge is 0.328 e. The van der Waals surface area contributed by atoms with Crippen LogP contribution >= 0.6 is 15.9 Å². The largest absolute Gasteiger partial charge is 0.464 e. The third-order valence-electron chi connectivity index (χ3n) is 3.30. The lowest BCUT2D eigenvalue weighted by molar-refractivity contribution is -0.144. The van der Waals surface area contributed by atoms with E-state index in [2.05, 4.69) is 15.9 Å². The molecule has 0 saturated carbocycles. The quantitative estimate of drug-likeness (QED) is 0.793. The van der Waals surface area contributed by atoms with E-state index in [4.69, 9.17) is 10.00 Å². The number of esters is 1. The molecule has 0 aliphatic carbocycles. The Morgan fingerprint density at radius 1 is 1.65 bits per heavy atom. The number of hydrogen-bond donors (Lipinski definition) is 0. The fourth-order valence-corrected chi connectivity index (χ4v) is 2.81. The summed E-state index contributed by atoms with van der Waals surface area (Å²) in [4.78, 5) is 13.6. The molecule has 1 fully saturated rings. The molecule has 1 atom stereocenters. The van der Waals surface area contributed by atoms with E-state index >= 15 is 0 Å². The van der Waals surface area contributed by atoms with E-state index in [1.165, 1.54) is 6.07 Å². The van der Waals surface area contributed by atoms with Gasteiger partial charge in [0.15, 0.2) is 5.82 Å². The van der Waals surface area contributed by atoms with Crippen molar-refractivity contribution >= 4 is 27.6 Å².